The Bertz CT molecular complexity index is 393. The van der Waals surface area contributed by atoms with E-state index in [4.69, 9.17) is 10.7 Å². The lowest BCUT2D eigenvalue weighted by Crippen LogP contribution is -2.28. The molecule has 3 heteroatoms. The molecule has 0 amide bonds. The first-order valence-corrected chi connectivity index (χ1v) is 7.63. The summed E-state index contributed by atoms with van der Waals surface area (Å²) in [4.78, 5) is 7.16. The number of pyridine rings is 1. The van der Waals surface area contributed by atoms with Gasteiger partial charge in [0.1, 0.15) is 5.82 Å². The summed E-state index contributed by atoms with van der Waals surface area (Å²) in [5, 5.41) is 0. The Morgan fingerprint density at radius 1 is 1.21 bits per heavy atom. The number of nitrogens with zero attached hydrogens (tertiary/aromatic N) is 2. The van der Waals surface area contributed by atoms with Gasteiger partial charge in [-0.15, -0.1) is 0 Å². The second kappa shape index (κ2) is 6.90. The van der Waals surface area contributed by atoms with E-state index in [1.54, 1.807) is 0 Å². The largest absolute Gasteiger partial charge is 0.356 e. The first-order chi connectivity index (χ1) is 9.16. The molecule has 1 unspecified atom stereocenters. The fraction of sp³-hybridized carbons (Fsp3) is 0.688. The fourth-order valence-corrected chi connectivity index (χ4v) is 2.90. The summed E-state index contributed by atoms with van der Waals surface area (Å²) in [6.07, 6.45) is 9.62. The van der Waals surface area contributed by atoms with Gasteiger partial charge < -0.3 is 10.6 Å². The third-order valence-electron chi connectivity index (χ3n) is 3.82. The number of aromatic nitrogens is 1. The summed E-state index contributed by atoms with van der Waals surface area (Å²) in [7, 11) is 0. The monoisotopic (exact) mass is 261 g/mol. The van der Waals surface area contributed by atoms with Crippen molar-refractivity contribution in [2.24, 2.45) is 5.73 Å². The van der Waals surface area contributed by atoms with E-state index < -0.39 is 0 Å². The molecule has 106 valence electrons. The zero-order valence-corrected chi connectivity index (χ0v) is 12.4. The van der Waals surface area contributed by atoms with Gasteiger partial charge in [-0.1, -0.05) is 25.3 Å². The molecular formula is C16H27N3. The van der Waals surface area contributed by atoms with Crippen LogP contribution in [0.1, 0.15) is 50.2 Å². The fourth-order valence-electron chi connectivity index (χ4n) is 2.90. The van der Waals surface area contributed by atoms with Crippen LogP contribution in [0, 0.1) is 6.92 Å². The minimum atomic E-state index is 0.203. The summed E-state index contributed by atoms with van der Waals surface area (Å²) in [6.45, 7) is 6.52. The minimum Gasteiger partial charge on any atom is -0.356 e. The van der Waals surface area contributed by atoms with Crippen molar-refractivity contribution in [3.05, 3.63) is 23.4 Å². The molecule has 1 aromatic heterocycles. The Hall–Kier alpha value is -1.09. The molecule has 1 aliphatic rings. The molecule has 1 atom stereocenters. The molecule has 1 aliphatic heterocycles. The van der Waals surface area contributed by atoms with E-state index in [0.717, 1.165) is 19.5 Å². The summed E-state index contributed by atoms with van der Waals surface area (Å²) < 4.78 is 0. The van der Waals surface area contributed by atoms with Gasteiger partial charge in [0.15, 0.2) is 0 Å². The van der Waals surface area contributed by atoms with Gasteiger partial charge in [-0.3, -0.25) is 0 Å². The van der Waals surface area contributed by atoms with E-state index in [0.29, 0.717) is 0 Å². The second-order valence-electron chi connectivity index (χ2n) is 5.92. The Morgan fingerprint density at radius 2 is 1.84 bits per heavy atom. The van der Waals surface area contributed by atoms with Crippen LogP contribution in [0.15, 0.2) is 12.3 Å². The van der Waals surface area contributed by atoms with Gasteiger partial charge in [-0.05, 0) is 44.2 Å². The molecule has 2 heterocycles. The van der Waals surface area contributed by atoms with Crippen molar-refractivity contribution in [1.29, 1.82) is 0 Å². The first kappa shape index (κ1) is 14.3. The van der Waals surface area contributed by atoms with Crippen LogP contribution < -0.4 is 10.6 Å². The van der Waals surface area contributed by atoms with Crippen molar-refractivity contribution in [3.8, 4) is 0 Å². The van der Waals surface area contributed by atoms with Gasteiger partial charge in [0.05, 0.1) is 0 Å². The van der Waals surface area contributed by atoms with Crippen molar-refractivity contribution in [2.75, 3.05) is 18.0 Å². The van der Waals surface area contributed by atoms with Crippen LogP contribution in [-0.2, 0) is 6.42 Å². The van der Waals surface area contributed by atoms with Crippen molar-refractivity contribution in [1.82, 2.24) is 4.98 Å². The van der Waals surface area contributed by atoms with Gasteiger partial charge in [0.2, 0.25) is 0 Å². The molecule has 0 radical (unpaired) electrons. The number of hydrogen-bond acceptors (Lipinski definition) is 3. The lowest BCUT2D eigenvalue weighted by Gasteiger charge is -2.27. The van der Waals surface area contributed by atoms with Gasteiger partial charge in [0.25, 0.3) is 0 Å². The molecule has 2 rings (SSSR count). The average molecular weight is 261 g/mol. The Morgan fingerprint density at radius 3 is 2.42 bits per heavy atom. The van der Waals surface area contributed by atoms with Crippen molar-refractivity contribution < 1.29 is 0 Å². The molecule has 1 saturated heterocycles. The highest BCUT2D eigenvalue weighted by atomic mass is 15.2. The number of hydrogen-bond donors (Lipinski definition) is 1. The van der Waals surface area contributed by atoms with Crippen LogP contribution in [-0.4, -0.2) is 24.1 Å². The summed E-state index contributed by atoms with van der Waals surface area (Å²) in [5.41, 5.74) is 8.40. The number of rotatable bonds is 3. The number of aryl methyl sites for hydroxylation is 1. The molecule has 3 nitrogen and oxygen atoms in total. The van der Waals surface area contributed by atoms with E-state index in [2.05, 4.69) is 17.9 Å². The third-order valence-corrected chi connectivity index (χ3v) is 3.82. The normalized spacial score (nSPS) is 18.8. The number of anilines is 1. The smallest absolute Gasteiger partial charge is 0.131 e. The Labute approximate surface area is 117 Å². The molecule has 0 bridgehead atoms. The van der Waals surface area contributed by atoms with E-state index >= 15 is 0 Å². The molecule has 0 saturated carbocycles. The van der Waals surface area contributed by atoms with Crippen LogP contribution in [0.25, 0.3) is 0 Å². The van der Waals surface area contributed by atoms with Crippen LogP contribution >= 0.6 is 0 Å². The average Bonchev–Trinajstić information content (AvgIpc) is 2.29. The lowest BCUT2D eigenvalue weighted by atomic mass is 10.1. The van der Waals surface area contributed by atoms with Crippen LogP contribution in [0.4, 0.5) is 5.82 Å². The second-order valence-corrected chi connectivity index (χ2v) is 5.92. The van der Waals surface area contributed by atoms with E-state index in [1.165, 1.54) is 49.0 Å². The maximum atomic E-state index is 5.86. The molecular weight excluding hydrogens is 234 g/mol. The lowest BCUT2D eigenvalue weighted by molar-refractivity contribution is 0.553. The van der Waals surface area contributed by atoms with E-state index in [1.807, 2.05) is 13.1 Å². The predicted molar refractivity (Wildman–Crippen MR) is 81.6 cm³/mol. The van der Waals surface area contributed by atoms with Gasteiger partial charge in [-0.25, -0.2) is 4.98 Å². The standard InChI is InChI=1S/C16H27N3/c1-13-10-15(11-14(2)17)12-18-16(13)19-8-6-4-3-5-7-9-19/h10,12,14H,3-9,11,17H2,1-2H3. The molecule has 1 fully saturated rings. The van der Waals surface area contributed by atoms with Gasteiger partial charge in [0, 0.05) is 25.3 Å². The highest BCUT2D eigenvalue weighted by Gasteiger charge is 2.13. The molecule has 0 spiro atoms. The van der Waals surface area contributed by atoms with Crippen LogP contribution in [0.5, 0.6) is 0 Å². The zero-order chi connectivity index (χ0) is 13.7. The molecule has 19 heavy (non-hydrogen) atoms. The number of nitrogens with two attached hydrogens (primary N) is 1. The molecule has 2 N–H and O–H groups in total. The zero-order valence-electron chi connectivity index (χ0n) is 12.4. The van der Waals surface area contributed by atoms with Gasteiger partial charge in [-0.2, -0.15) is 0 Å². The first-order valence-electron chi connectivity index (χ1n) is 7.63. The summed E-state index contributed by atoms with van der Waals surface area (Å²) in [5.74, 6) is 1.18. The quantitative estimate of drug-likeness (QED) is 0.909. The Balaban J connectivity index is 2.10. The topological polar surface area (TPSA) is 42.1 Å². The minimum absolute atomic E-state index is 0.203. The van der Waals surface area contributed by atoms with E-state index in [9.17, 15) is 0 Å². The summed E-state index contributed by atoms with van der Waals surface area (Å²) >= 11 is 0. The maximum absolute atomic E-state index is 5.86. The SMILES string of the molecule is Cc1cc(CC(C)N)cnc1N1CCCCCCC1. The van der Waals surface area contributed by atoms with Gasteiger partial charge >= 0.3 is 0 Å². The van der Waals surface area contributed by atoms with Crippen molar-refractivity contribution in [3.63, 3.8) is 0 Å². The Kier molecular flexibility index (Phi) is 5.20. The molecule has 1 aromatic rings. The molecule has 0 aromatic carbocycles. The predicted octanol–water partition coefficient (Wildman–Crippen LogP) is 3.05. The highest BCUT2D eigenvalue weighted by Crippen LogP contribution is 2.21. The van der Waals surface area contributed by atoms with Crippen LogP contribution in [0.3, 0.4) is 0 Å². The third kappa shape index (κ3) is 4.20. The molecule has 0 aliphatic carbocycles. The summed E-state index contributed by atoms with van der Waals surface area (Å²) in [6, 6.07) is 2.46. The highest BCUT2D eigenvalue weighted by molar-refractivity contribution is 5.47. The van der Waals surface area contributed by atoms with E-state index in [-0.39, 0.29) is 6.04 Å². The van der Waals surface area contributed by atoms with Crippen LogP contribution in [0.2, 0.25) is 0 Å². The van der Waals surface area contributed by atoms with Crippen molar-refractivity contribution >= 4 is 5.82 Å². The van der Waals surface area contributed by atoms with Crippen molar-refractivity contribution in [2.45, 2.75) is 58.4 Å². The maximum Gasteiger partial charge on any atom is 0.131 e.